The van der Waals surface area contributed by atoms with E-state index in [0.29, 0.717) is 34.5 Å². The van der Waals surface area contributed by atoms with Gasteiger partial charge in [-0.3, -0.25) is 9.69 Å². The molecule has 0 saturated carbocycles. The Morgan fingerprint density at radius 3 is 2.72 bits per heavy atom. The van der Waals surface area contributed by atoms with Gasteiger partial charge >= 0.3 is 0 Å². The van der Waals surface area contributed by atoms with Crippen LogP contribution < -0.4 is 14.8 Å². The predicted octanol–water partition coefficient (Wildman–Crippen LogP) is 3.71. The van der Waals surface area contributed by atoms with Crippen molar-refractivity contribution in [2.24, 2.45) is 0 Å². The van der Waals surface area contributed by atoms with Crippen molar-refractivity contribution in [2.75, 3.05) is 39.2 Å². The second-order valence-electron chi connectivity index (χ2n) is 7.63. The van der Waals surface area contributed by atoms with E-state index in [2.05, 4.69) is 20.4 Å². The molecule has 4 rings (SSSR count). The molecule has 1 aromatic heterocycles. The molecule has 1 aliphatic rings. The summed E-state index contributed by atoms with van der Waals surface area (Å²) < 4.78 is 29.4. The van der Waals surface area contributed by atoms with Crippen molar-refractivity contribution in [3.63, 3.8) is 0 Å². The first-order valence-electron chi connectivity index (χ1n) is 10.4. The third-order valence-electron chi connectivity index (χ3n) is 5.51. The Labute approximate surface area is 185 Å². The van der Waals surface area contributed by atoms with E-state index in [0.717, 1.165) is 25.9 Å². The van der Waals surface area contributed by atoms with E-state index in [1.165, 1.54) is 12.1 Å². The van der Waals surface area contributed by atoms with Crippen LogP contribution in [0.25, 0.3) is 11.4 Å². The number of nitrogens with one attached hydrogen (secondary N) is 1. The van der Waals surface area contributed by atoms with Gasteiger partial charge in [-0.05, 0) is 50.2 Å². The number of rotatable bonds is 7. The molecule has 0 aliphatic carbocycles. The van der Waals surface area contributed by atoms with E-state index in [4.69, 9.17) is 14.0 Å². The minimum absolute atomic E-state index is 0.114. The van der Waals surface area contributed by atoms with Gasteiger partial charge < -0.3 is 19.3 Å². The van der Waals surface area contributed by atoms with Crippen LogP contribution in [-0.2, 0) is 4.79 Å². The standard InChI is InChI=1S/C23H25FN4O4/c1-30-18-6-7-20(31-2)19(13-18)25-21(29)14-28-10-8-15(9-11-28)23-26-22(27-32-23)16-4-3-5-17(24)12-16/h3-7,12-13,15H,8-11,14H2,1-2H3,(H,25,29). The smallest absolute Gasteiger partial charge is 0.238 e. The van der Waals surface area contributed by atoms with E-state index in [9.17, 15) is 9.18 Å². The molecule has 0 radical (unpaired) electrons. The molecule has 0 atom stereocenters. The van der Waals surface area contributed by atoms with Crippen molar-refractivity contribution in [1.29, 1.82) is 0 Å². The van der Waals surface area contributed by atoms with Gasteiger partial charge in [0, 0.05) is 17.5 Å². The van der Waals surface area contributed by atoms with Gasteiger partial charge in [0.25, 0.3) is 0 Å². The highest BCUT2D eigenvalue weighted by atomic mass is 19.1. The van der Waals surface area contributed by atoms with E-state index in [1.54, 1.807) is 44.6 Å². The maximum absolute atomic E-state index is 13.4. The Morgan fingerprint density at radius 2 is 2.00 bits per heavy atom. The number of benzene rings is 2. The fourth-order valence-corrected chi connectivity index (χ4v) is 3.79. The molecule has 3 aromatic rings. The summed E-state index contributed by atoms with van der Waals surface area (Å²) in [5.41, 5.74) is 1.16. The van der Waals surface area contributed by atoms with Crippen molar-refractivity contribution in [2.45, 2.75) is 18.8 Å². The Kier molecular flexibility index (Phi) is 6.65. The van der Waals surface area contributed by atoms with Crippen LogP contribution in [0.4, 0.5) is 10.1 Å². The fourth-order valence-electron chi connectivity index (χ4n) is 3.79. The number of nitrogens with zero attached hydrogens (tertiary/aromatic N) is 3. The third-order valence-corrected chi connectivity index (χ3v) is 5.51. The summed E-state index contributed by atoms with van der Waals surface area (Å²) in [5, 5.41) is 6.89. The molecule has 32 heavy (non-hydrogen) atoms. The average Bonchev–Trinajstić information content (AvgIpc) is 3.30. The monoisotopic (exact) mass is 440 g/mol. The Morgan fingerprint density at radius 1 is 1.19 bits per heavy atom. The number of hydrogen-bond donors (Lipinski definition) is 1. The second-order valence-corrected chi connectivity index (χ2v) is 7.63. The van der Waals surface area contributed by atoms with Crippen LogP contribution in [0.3, 0.4) is 0 Å². The second kappa shape index (κ2) is 9.78. The molecule has 1 saturated heterocycles. The summed E-state index contributed by atoms with van der Waals surface area (Å²) in [6, 6.07) is 11.4. The van der Waals surface area contributed by atoms with E-state index in [1.807, 2.05) is 0 Å². The lowest BCUT2D eigenvalue weighted by atomic mass is 9.97. The lowest BCUT2D eigenvalue weighted by Crippen LogP contribution is -2.38. The lowest BCUT2D eigenvalue weighted by Gasteiger charge is -2.29. The lowest BCUT2D eigenvalue weighted by molar-refractivity contribution is -0.117. The van der Waals surface area contributed by atoms with E-state index < -0.39 is 0 Å². The van der Waals surface area contributed by atoms with Gasteiger partial charge in [-0.15, -0.1) is 0 Å². The fraction of sp³-hybridized carbons (Fsp3) is 0.348. The first kappa shape index (κ1) is 21.8. The number of carbonyl (C=O) groups excluding carboxylic acids is 1. The molecule has 8 nitrogen and oxygen atoms in total. The number of aromatic nitrogens is 2. The van der Waals surface area contributed by atoms with Gasteiger partial charge in [-0.2, -0.15) is 4.98 Å². The van der Waals surface area contributed by atoms with E-state index in [-0.39, 0.29) is 24.2 Å². The summed E-state index contributed by atoms with van der Waals surface area (Å²) in [4.78, 5) is 19.1. The van der Waals surface area contributed by atoms with Crippen molar-refractivity contribution in [3.05, 3.63) is 54.2 Å². The first-order chi connectivity index (χ1) is 15.6. The Bertz CT molecular complexity index is 1080. The molecular formula is C23H25FN4O4. The number of likely N-dealkylation sites (tertiary alicyclic amines) is 1. The summed E-state index contributed by atoms with van der Waals surface area (Å²) in [6.07, 6.45) is 1.58. The van der Waals surface area contributed by atoms with Crippen LogP contribution >= 0.6 is 0 Å². The van der Waals surface area contributed by atoms with Crippen molar-refractivity contribution in [3.8, 4) is 22.9 Å². The molecule has 0 unspecified atom stereocenters. The zero-order valence-electron chi connectivity index (χ0n) is 18.0. The zero-order chi connectivity index (χ0) is 22.5. The maximum Gasteiger partial charge on any atom is 0.238 e. The molecule has 1 aliphatic heterocycles. The summed E-state index contributed by atoms with van der Waals surface area (Å²) >= 11 is 0. The minimum Gasteiger partial charge on any atom is -0.497 e. The topological polar surface area (TPSA) is 89.7 Å². The van der Waals surface area contributed by atoms with Crippen molar-refractivity contribution < 1.29 is 23.2 Å². The third kappa shape index (κ3) is 5.05. The van der Waals surface area contributed by atoms with Gasteiger partial charge in [0.2, 0.25) is 17.6 Å². The number of piperidine rings is 1. The highest BCUT2D eigenvalue weighted by Crippen LogP contribution is 2.30. The molecule has 1 N–H and O–H groups in total. The molecule has 1 amide bonds. The molecule has 1 fully saturated rings. The van der Waals surface area contributed by atoms with Crippen LogP contribution in [0.2, 0.25) is 0 Å². The molecule has 0 spiro atoms. The van der Waals surface area contributed by atoms with Gasteiger partial charge in [-0.25, -0.2) is 4.39 Å². The van der Waals surface area contributed by atoms with E-state index >= 15 is 0 Å². The van der Waals surface area contributed by atoms with Crippen LogP contribution in [0.5, 0.6) is 11.5 Å². The number of halogens is 1. The normalized spacial score (nSPS) is 14.8. The SMILES string of the molecule is COc1ccc(OC)c(NC(=O)CN2CCC(c3nc(-c4cccc(F)c4)no3)CC2)c1. The van der Waals surface area contributed by atoms with Gasteiger partial charge in [0.05, 0.1) is 26.5 Å². The molecule has 2 heterocycles. The van der Waals surface area contributed by atoms with Gasteiger partial charge in [-0.1, -0.05) is 17.3 Å². The number of ether oxygens (including phenoxy) is 2. The highest BCUT2D eigenvalue weighted by Gasteiger charge is 2.26. The zero-order valence-corrected chi connectivity index (χ0v) is 18.0. The molecule has 0 bridgehead atoms. The number of hydrogen-bond acceptors (Lipinski definition) is 7. The van der Waals surface area contributed by atoms with Crippen LogP contribution in [0.1, 0.15) is 24.7 Å². The molecule has 168 valence electrons. The first-order valence-corrected chi connectivity index (χ1v) is 10.4. The summed E-state index contributed by atoms with van der Waals surface area (Å²) in [6.45, 7) is 1.72. The molecule has 9 heteroatoms. The maximum atomic E-state index is 13.4. The number of carbonyl (C=O) groups is 1. The minimum atomic E-state index is -0.341. The van der Waals surface area contributed by atoms with Crippen LogP contribution in [0, 0.1) is 5.82 Å². The number of methoxy groups -OCH3 is 2. The number of amides is 1. The Hall–Kier alpha value is -3.46. The average molecular weight is 440 g/mol. The van der Waals surface area contributed by atoms with Gasteiger partial charge in [0.1, 0.15) is 17.3 Å². The van der Waals surface area contributed by atoms with Gasteiger partial charge in [0.15, 0.2) is 0 Å². The quantitative estimate of drug-likeness (QED) is 0.599. The summed E-state index contributed by atoms with van der Waals surface area (Å²) in [5.74, 6) is 1.79. The van der Waals surface area contributed by atoms with Crippen molar-refractivity contribution >= 4 is 11.6 Å². The molecular weight excluding hydrogens is 415 g/mol. The van der Waals surface area contributed by atoms with Crippen LogP contribution in [-0.4, -0.2) is 54.8 Å². The number of anilines is 1. The summed E-state index contributed by atoms with van der Waals surface area (Å²) in [7, 11) is 3.13. The Balaban J connectivity index is 1.31. The predicted molar refractivity (Wildman–Crippen MR) is 116 cm³/mol. The van der Waals surface area contributed by atoms with Crippen LogP contribution in [0.15, 0.2) is 47.0 Å². The molecule has 2 aromatic carbocycles. The van der Waals surface area contributed by atoms with Crippen molar-refractivity contribution in [1.82, 2.24) is 15.0 Å². The largest absolute Gasteiger partial charge is 0.497 e. The highest BCUT2D eigenvalue weighted by molar-refractivity contribution is 5.94.